The molecule has 0 bridgehead atoms. The highest BCUT2D eigenvalue weighted by molar-refractivity contribution is 5.71. The zero-order valence-corrected chi connectivity index (χ0v) is 13.3. The Kier molecular flexibility index (Phi) is 4.73. The number of nitrogens with two attached hydrogens (primary N) is 1. The van der Waals surface area contributed by atoms with Crippen LogP contribution in [-0.4, -0.2) is 20.2 Å². The standard InChI is InChI=1S/C18H24N2O/c1-13-8-7-10-16(19)18(13)20(3)14(2)12-15-9-5-6-11-17(15)21-4/h5-11,14H,12,19H2,1-4H3. The Hall–Kier alpha value is -2.16. The zero-order chi connectivity index (χ0) is 15.4. The first kappa shape index (κ1) is 15.2. The van der Waals surface area contributed by atoms with Crippen molar-refractivity contribution in [3.8, 4) is 5.75 Å². The summed E-state index contributed by atoms with van der Waals surface area (Å²) in [7, 11) is 3.81. The Morgan fingerprint density at radius 1 is 1.14 bits per heavy atom. The Balaban J connectivity index is 2.22. The Morgan fingerprint density at radius 3 is 2.52 bits per heavy atom. The van der Waals surface area contributed by atoms with E-state index >= 15 is 0 Å². The van der Waals surface area contributed by atoms with Gasteiger partial charge < -0.3 is 15.4 Å². The van der Waals surface area contributed by atoms with E-state index in [1.165, 1.54) is 11.1 Å². The third-order valence-electron chi connectivity index (χ3n) is 3.99. The molecule has 0 spiro atoms. The van der Waals surface area contributed by atoms with Gasteiger partial charge in [-0.25, -0.2) is 0 Å². The van der Waals surface area contributed by atoms with Crippen molar-refractivity contribution in [1.29, 1.82) is 0 Å². The molecule has 21 heavy (non-hydrogen) atoms. The first-order valence-electron chi connectivity index (χ1n) is 7.24. The van der Waals surface area contributed by atoms with Gasteiger partial charge in [-0.2, -0.15) is 0 Å². The summed E-state index contributed by atoms with van der Waals surface area (Å²) in [4.78, 5) is 2.25. The van der Waals surface area contributed by atoms with Crippen LogP contribution in [0.1, 0.15) is 18.1 Å². The summed E-state index contributed by atoms with van der Waals surface area (Å²) in [6.45, 7) is 4.30. The Bertz CT molecular complexity index is 590. The highest BCUT2D eigenvalue weighted by Crippen LogP contribution is 2.29. The number of methoxy groups -OCH3 is 1. The maximum Gasteiger partial charge on any atom is 0.122 e. The lowest BCUT2D eigenvalue weighted by Crippen LogP contribution is -2.32. The van der Waals surface area contributed by atoms with Crippen molar-refractivity contribution >= 4 is 11.4 Å². The summed E-state index contributed by atoms with van der Waals surface area (Å²) < 4.78 is 5.44. The summed E-state index contributed by atoms with van der Waals surface area (Å²) in [5.41, 5.74) is 10.5. The van der Waals surface area contributed by atoms with Gasteiger partial charge in [-0.1, -0.05) is 30.3 Å². The van der Waals surface area contributed by atoms with Gasteiger partial charge in [-0.05, 0) is 43.5 Å². The van der Waals surface area contributed by atoms with Crippen molar-refractivity contribution in [3.05, 3.63) is 53.6 Å². The number of hydrogen-bond donors (Lipinski definition) is 1. The molecule has 1 atom stereocenters. The molecule has 3 heteroatoms. The fourth-order valence-corrected chi connectivity index (χ4v) is 2.71. The number of likely N-dealkylation sites (N-methyl/N-ethyl adjacent to an activating group) is 1. The predicted molar refractivity (Wildman–Crippen MR) is 90.2 cm³/mol. The molecule has 2 N–H and O–H groups in total. The molecule has 0 fully saturated rings. The predicted octanol–water partition coefficient (Wildman–Crippen LogP) is 3.65. The number of nitrogen functional groups attached to an aromatic ring is 1. The number of hydrogen-bond acceptors (Lipinski definition) is 3. The lowest BCUT2D eigenvalue weighted by molar-refractivity contribution is 0.408. The van der Waals surface area contributed by atoms with Gasteiger partial charge in [0.1, 0.15) is 5.75 Å². The highest BCUT2D eigenvalue weighted by atomic mass is 16.5. The van der Waals surface area contributed by atoms with E-state index in [2.05, 4.69) is 37.9 Å². The zero-order valence-electron chi connectivity index (χ0n) is 13.3. The van der Waals surface area contributed by atoms with Crippen LogP contribution in [0.15, 0.2) is 42.5 Å². The summed E-state index contributed by atoms with van der Waals surface area (Å²) in [6, 6.07) is 14.5. The summed E-state index contributed by atoms with van der Waals surface area (Å²) in [6.07, 6.45) is 0.911. The van der Waals surface area contributed by atoms with Crippen molar-refractivity contribution < 1.29 is 4.74 Å². The molecule has 0 aliphatic rings. The van der Waals surface area contributed by atoms with Crippen molar-refractivity contribution in [2.45, 2.75) is 26.3 Å². The largest absolute Gasteiger partial charge is 0.496 e. The number of rotatable bonds is 5. The van der Waals surface area contributed by atoms with Crippen molar-refractivity contribution in [2.75, 3.05) is 24.8 Å². The van der Waals surface area contributed by atoms with E-state index in [0.29, 0.717) is 6.04 Å². The van der Waals surface area contributed by atoms with Crippen molar-refractivity contribution in [3.63, 3.8) is 0 Å². The van der Waals surface area contributed by atoms with Gasteiger partial charge in [-0.15, -0.1) is 0 Å². The Morgan fingerprint density at radius 2 is 1.86 bits per heavy atom. The smallest absolute Gasteiger partial charge is 0.122 e. The molecule has 2 aromatic rings. The normalized spacial score (nSPS) is 12.0. The molecule has 3 nitrogen and oxygen atoms in total. The second kappa shape index (κ2) is 6.53. The number of para-hydroxylation sites is 2. The summed E-state index contributed by atoms with van der Waals surface area (Å²) in [5.74, 6) is 0.940. The molecule has 0 saturated heterocycles. The van der Waals surface area contributed by atoms with E-state index in [1.54, 1.807) is 7.11 Å². The summed E-state index contributed by atoms with van der Waals surface area (Å²) in [5, 5.41) is 0. The molecule has 1 unspecified atom stereocenters. The Labute approximate surface area is 127 Å². The van der Waals surface area contributed by atoms with Crippen molar-refractivity contribution in [1.82, 2.24) is 0 Å². The minimum Gasteiger partial charge on any atom is -0.496 e. The fourth-order valence-electron chi connectivity index (χ4n) is 2.71. The maximum absolute atomic E-state index is 6.14. The van der Waals surface area contributed by atoms with Gasteiger partial charge in [-0.3, -0.25) is 0 Å². The first-order chi connectivity index (χ1) is 10.0. The lowest BCUT2D eigenvalue weighted by Gasteiger charge is -2.30. The molecule has 0 aliphatic carbocycles. The first-order valence-corrected chi connectivity index (χ1v) is 7.24. The van der Waals surface area contributed by atoms with E-state index in [4.69, 9.17) is 10.5 Å². The van der Waals surface area contributed by atoms with Crippen LogP contribution in [-0.2, 0) is 6.42 Å². The second-order valence-electron chi connectivity index (χ2n) is 5.49. The molecule has 0 aliphatic heterocycles. The third-order valence-corrected chi connectivity index (χ3v) is 3.99. The van der Waals surface area contributed by atoms with Gasteiger partial charge in [0.15, 0.2) is 0 Å². The molecule has 0 radical (unpaired) electrons. The van der Waals surface area contributed by atoms with Gasteiger partial charge in [0.05, 0.1) is 18.5 Å². The van der Waals surface area contributed by atoms with E-state index in [1.807, 2.05) is 30.3 Å². The minimum absolute atomic E-state index is 0.324. The minimum atomic E-state index is 0.324. The number of anilines is 2. The van der Waals surface area contributed by atoms with Crippen molar-refractivity contribution in [2.24, 2.45) is 0 Å². The number of nitrogens with zero attached hydrogens (tertiary/aromatic N) is 1. The highest BCUT2D eigenvalue weighted by Gasteiger charge is 2.16. The van der Waals surface area contributed by atoms with Crippen LogP contribution in [0.4, 0.5) is 11.4 Å². The topological polar surface area (TPSA) is 38.5 Å². The van der Waals surface area contributed by atoms with Gasteiger partial charge in [0, 0.05) is 13.1 Å². The van der Waals surface area contributed by atoms with Crippen LogP contribution >= 0.6 is 0 Å². The van der Waals surface area contributed by atoms with E-state index in [9.17, 15) is 0 Å². The molecular weight excluding hydrogens is 260 g/mol. The van der Waals surface area contributed by atoms with Gasteiger partial charge in [0.2, 0.25) is 0 Å². The molecule has 2 rings (SSSR count). The van der Waals surface area contributed by atoms with Crippen LogP contribution in [0, 0.1) is 6.92 Å². The average Bonchev–Trinajstić information content (AvgIpc) is 2.47. The molecule has 112 valence electrons. The van der Waals surface area contributed by atoms with Gasteiger partial charge >= 0.3 is 0 Å². The third kappa shape index (κ3) is 3.30. The second-order valence-corrected chi connectivity index (χ2v) is 5.49. The van der Waals surface area contributed by atoms with Crippen LogP contribution in [0.3, 0.4) is 0 Å². The van der Waals surface area contributed by atoms with Crippen LogP contribution in [0.2, 0.25) is 0 Å². The maximum atomic E-state index is 6.14. The fraction of sp³-hybridized carbons (Fsp3) is 0.333. The molecular formula is C18H24N2O. The molecule has 2 aromatic carbocycles. The quantitative estimate of drug-likeness (QED) is 0.852. The van der Waals surface area contributed by atoms with E-state index in [0.717, 1.165) is 23.5 Å². The molecule has 0 saturated carbocycles. The molecule has 0 heterocycles. The van der Waals surface area contributed by atoms with E-state index < -0.39 is 0 Å². The average molecular weight is 284 g/mol. The number of benzene rings is 2. The summed E-state index contributed by atoms with van der Waals surface area (Å²) >= 11 is 0. The molecule has 0 aromatic heterocycles. The van der Waals surface area contributed by atoms with Crippen LogP contribution in [0.5, 0.6) is 5.75 Å². The SMILES string of the molecule is COc1ccccc1CC(C)N(C)c1c(C)cccc1N. The monoisotopic (exact) mass is 284 g/mol. The number of aryl methyl sites for hydroxylation is 1. The van der Waals surface area contributed by atoms with Gasteiger partial charge in [0.25, 0.3) is 0 Å². The number of ether oxygens (including phenoxy) is 1. The van der Waals surface area contributed by atoms with Crippen LogP contribution < -0.4 is 15.4 Å². The molecule has 0 amide bonds. The van der Waals surface area contributed by atoms with E-state index in [-0.39, 0.29) is 0 Å². The van der Waals surface area contributed by atoms with Crippen LogP contribution in [0.25, 0.3) is 0 Å². The lowest BCUT2D eigenvalue weighted by atomic mass is 10.0.